The van der Waals surface area contributed by atoms with Gasteiger partial charge in [0.1, 0.15) is 47.7 Å². The van der Waals surface area contributed by atoms with E-state index >= 15 is 0 Å². The SMILES string of the molecule is CO[C@@H]1[C@@H](n2cc(-c3cc(F)c(F)c(F)c3)nn2)[C@@H](OC(C)=O)[C@@H](COC(C)=O)O[C@H]1S[C@@H]1COC[C@H](n2cc(-c3ccccc3)nn2)[C@H]1O. The second kappa shape index (κ2) is 15.3. The van der Waals surface area contributed by atoms with Gasteiger partial charge in [-0.25, -0.2) is 22.5 Å². The van der Waals surface area contributed by atoms with E-state index in [4.69, 9.17) is 23.7 Å². The molecule has 0 bridgehead atoms. The summed E-state index contributed by atoms with van der Waals surface area (Å²) >= 11 is 1.18. The number of aliphatic hydroxyl groups is 1. The minimum absolute atomic E-state index is 0.0203. The molecule has 50 heavy (non-hydrogen) atoms. The first-order valence-electron chi connectivity index (χ1n) is 15.5. The van der Waals surface area contributed by atoms with Crippen LogP contribution in [0.1, 0.15) is 25.9 Å². The molecule has 2 fully saturated rings. The number of aromatic nitrogens is 6. The van der Waals surface area contributed by atoms with Crippen molar-refractivity contribution in [2.75, 3.05) is 26.9 Å². The number of carbonyl (C=O) groups excluding carboxylic acids is 2. The molecule has 2 aromatic heterocycles. The van der Waals surface area contributed by atoms with E-state index in [2.05, 4.69) is 20.6 Å². The predicted octanol–water partition coefficient (Wildman–Crippen LogP) is 3.13. The summed E-state index contributed by atoms with van der Waals surface area (Å²) in [6.45, 7) is 2.34. The maximum atomic E-state index is 14.1. The Balaban J connectivity index is 1.30. The van der Waals surface area contributed by atoms with Gasteiger partial charge in [-0.05, 0) is 12.1 Å². The van der Waals surface area contributed by atoms with Crippen LogP contribution in [0.5, 0.6) is 0 Å². The molecule has 4 heterocycles. The first-order chi connectivity index (χ1) is 24.0. The van der Waals surface area contributed by atoms with Crippen molar-refractivity contribution >= 4 is 23.7 Å². The van der Waals surface area contributed by atoms with Crippen molar-refractivity contribution in [2.45, 2.75) is 61.0 Å². The van der Waals surface area contributed by atoms with E-state index in [-0.39, 0.29) is 31.1 Å². The largest absolute Gasteiger partial charge is 0.463 e. The smallest absolute Gasteiger partial charge is 0.303 e. The molecule has 1 N–H and O–H groups in total. The minimum Gasteiger partial charge on any atom is -0.463 e. The van der Waals surface area contributed by atoms with Gasteiger partial charge in [0, 0.05) is 32.1 Å². The molecule has 4 aromatic rings. The number of esters is 2. The number of nitrogens with zero attached hydrogens (tertiary/aromatic N) is 6. The first kappa shape index (κ1) is 35.5. The molecule has 14 nitrogen and oxygen atoms in total. The van der Waals surface area contributed by atoms with Crippen LogP contribution >= 0.6 is 11.8 Å². The number of benzene rings is 2. The first-order valence-corrected chi connectivity index (χ1v) is 16.4. The summed E-state index contributed by atoms with van der Waals surface area (Å²) < 4.78 is 73.8. The van der Waals surface area contributed by atoms with Crippen molar-refractivity contribution < 1.29 is 51.6 Å². The Labute approximate surface area is 287 Å². The quantitative estimate of drug-likeness (QED) is 0.188. The molecule has 0 aliphatic carbocycles. The van der Waals surface area contributed by atoms with Crippen molar-refractivity contribution in [3.05, 3.63) is 72.3 Å². The van der Waals surface area contributed by atoms with Gasteiger partial charge in [0.15, 0.2) is 23.6 Å². The van der Waals surface area contributed by atoms with Crippen molar-refractivity contribution in [1.82, 2.24) is 30.0 Å². The number of hydrogen-bond donors (Lipinski definition) is 1. The number of methoxy groups -OCH3 is 1. The van der Waals surface area contributed by atoms with E-state index < -0.39 is 76.6 Å². The zero-order valence-corrected chi connectivity index (χ0v) is 27.8. The van der Waals surface area contributed by atoms with Crippen LogP contribution in [0, 0.1) is 17.5 Å². The zero-order chi connectivity index (χ0) is 35.5. The van der Waals surface area contributed by atoms with Gasteiger partial charge in [-0.1, -0.05) is 40.8 Å². The summed E-state index contributed by atoms with van der Waals surface area (Å²) in [7, 11) is 1.39. The van der Waals surface area contributed by atoms with Crippen LogP contribution in [0.3, 0.4) is 0 Å². The Bertz CT molecular complexity index is 1790. The molecular formula is C32H33F3N6O8S. The fraction of sp³-hybridized carbons (Fsp3) is 0.438. The minimum atomic E-state index is -1.63. The Morgan fingerprint density at radius 3 is 2.26 bits per heavy atom. The summed E-state index contributed by atoms with van der Waals surface area (Å²) in [4.78, 5) is 24.2. The summed E-state index contributed by atoms with van der Waals surface area (Å²) in [5.74, 6) is -5.78. The predicted molar refractivity (Wildman–Crippen MR) is 169 cm³/mol. The van der Waals surface area contributed by atoms with Crippen LogP contribution in [-0.2, 0) is 33.3 Å². The molecule has 0 amide bonds. The third-order valence-electron chi connectivity index (χ3n) is 8.31. The van der Waals surface area contributed by atoms with Crippen LogP contribution in [-0.4, -0.2) is 109 Å². The average Bonchev–Trinajstić information content (AvgIpc) is 3.79. The van der Waals surface area contributed by atoms with Crippen molar-refractivity contribution in [3.63, 3.8) is 0 Å². The van der Waals surface area contributed by atoms with Crippen LogP contribution in [0.2, 0.25) is 0 Å². The van der Waals surface area contributed by atoms with E-state index in [0.717, 1.165) is 17.7 Å². The van der Waals surface area contributed by atoms with E-state index in [1.54, 1.807) is 10.9 Å². The fourth-order valence-electron chi connectivity index (χ4n) is 5.94. The number of carbonyl (C=O) groups is 2. The highest BCUT2D eigenvalue weighted by Crippen LogP contribution is 2.42. The lowest BCUT2D eigenvalue weighted by molar-refractivity contribution is -0.208. The summed E-state index contributed by atoms with van der Waals surface area (Å²) in [6, 6.07) is 9.38. The van der Waals surface area contributed by atoms with E-state index in [9.17, 15) is 27.9 Å². The molecule has 2 aliphatic rings. The second-order valence-electron chi connectivity index (χ2n) is 11.7. The van der Waals surface area contributed by atoms with E-state index in [1.807, 2.05) is 30.3 Å². The topological polar surface area (TPSA) is 162 Å². The molecule has 18 heteroatoms. The lowest BCUT2D eigenvalue weighted by atomic mass is 9.96. The number of thioether (sulfide) groups is 1. The van der Waals surface area contributed by atoms with Crippen molar-refractivity contribution in [3.8, 4) is 22.5 Å². The maximum absolute atomic E-state index is 14.1. The van der Waals surface area contributed by atoms with Gasteiger partial charge in [-0.2, -0.15) is 0 Å². The molecule has 6 rings (SSSR count). The molecule has 0 radical (unpaired) electrons. The fourth-order valence-corrected chi connectivity index (χ4v) is 7.44. The monoisotopic (exact) mass is 718 g/mol. The van der Waals surface area contributed by atoms with Crippen molar-refractivity contribution in [2.24, 2.45) is 0 Å². The maximum Gasteiger partial charge on any atom is 0.303 e. The van der Waals surface area contributed by atoms with Crippen molar-refractivity contribution in [1.29, 1.82) is 0 Å². The third kappa shape index (κ3) is 7.53. The highest BCUT2D eigenvalue weighted by molar-refractivity contribution is 8.00. The average molecular weight is 719 g/mol. The second-order valence-corrected chi connectivity index (χ2v) is 13.0. The lowest BCUT2D eigenvalue weighted by Gasteiger charge is -2.46. The van der Waals surface area contributed by atoms with Gasteiger partial charge >= 0.3 is 11.9 Å². The number of hydrogen-bond acceptors (Lipinski definition) is 13. The number of halogens is 3. The molecular weight excluding hydrogens is 685 g/mol. The molecule has 0 saturated carbocycles. The van der Waals surface area contributed by atoms with E-state index in [1.165, 1.54) is 43.6 Å². The van der Waals surface area contributed by atoms with Crippen LogP contribution in [0.15, 0.2) is 54.9 Å². The van der Waals surface area contributed by atoms with Gasteiger partial charge in [0.2, 0.25) is 0 Å². The highest BCUT2D eigenvalue weighted by atomic mass is 32.2. The number of ether oxygens (including phenoxy) is 5. The number of aliphatic hydroxyl groups excluding tert-OH is 1. The van der Waals surface area contributed by atoms with Crippen LogP contribution in [0.25, 0.3) is 22.5 Å². The Hall–Kier alpha value is -4.36. The van der Waals surface area contributed by atoms with Gasteiger partial charge < -0.3 is 28.8 Å². The van der Waals surface area contributed by atoms with Crippen LogP contribution < -0.4 is 0 Å². The molecule has 8 atom stereocenters. The van der Waals surface area contributed by atoms with Gasteiger partial charge in [0.05, 0.1) is 37.0 Å². The molecule has 2 aliphatic heterocycles. The molecule has 2 saturated heterocycles. The Kier molecular flexibility index (Phi) is 10.8. The van der Waals surface area contributed by atoms with Gasteiger partial charge in [-0.3, -0.25) is 9.59 Å². The molecule has 266 valence electrons. The normalized spacial score (nSPS) is 26.8. The van der Waals surface area contributed by atoms with Crippen LogP contribution in [0.4, 0.5) is 13.2 Å². The molecule has 0 unspecified atom stereocenters. The third-order valence-corrected chi connectivity index (χ3v) is 9.72. The standard InChI is InChI=1S/C32H33F3N6O8S/c1-16(42)47-14-25-30(48-17(2)43)28(41-12-23(37-39-41)19-9-20(33)27(35)21(34)10-19)31(45-3)32(49-25)50-26-15-46-13-24(29(26)44)40-11-22(36-38-40)18-7-5-4-6-8-18/h4-12,24-26,28-32,44H,13-15H2,1-3H3/t24-,25+,26+,28-,29+,30-,31+,32-/m0/s1. The molecule has 0 spiro atoms. The number of rotatable bonds is 10. The van der Waals surface area contributed by atoms with Gasteiger partial charge in [0.25, 0.3) is 0 Å². The summed E-state index contributed by atoms with van der Waals surface area (Å²) in [6.07, 6.45) is -1.14. The Morgan fingerprint density at radius 1 is 0.940 bits per heavy atom. The lowest BCUT2D eigenvalue weighted by Crippen LogP contribution is -2.58. The summed E-state index contributed by atoms with van der Waals surface area (Å²) in [5, 5.41) is 27.7. The van der Waals surface area contributed by atoms with E-state index in [0.29, 0.717) is 5.69 Å². The summed E-state index contributed by atoms with van der Waals surface area (Å²) in [5.41, 5.74) is 0.440. The highest BCUT2D eigenvalue weighted by Gasteiger charge is 2.52. The van der Waals surface area contributed by atoms with Gasteiger partial charge in [-0.15, -0.1) is 22.0 Å². The Morgan fingerprint density at radius 2 is 1.60 bits per heavy atom. The molecule has 2 aromatic carbocycles. The zero-order valence-electron chi connectivity index (χ0n) is 27.0.